The fourth-order valence-corrected chi connectivity index (χ4v) is 2.60. The van der Waals surface area contributed by atoms with E-state index in [-0.39, 0.29) is 11.8 Å². The van der Waals surface area contributed by atoms with Crippen LogP contribution in [0.2, 0.25) is 0 Å². The molecule has 0 N–H and O–H groups in total. The first-order valence-corrected chi connectivity index (χ1v) is 6.35. The van der Waals surface area contributed by atoms with Crippen molar-refractivity contribution in [3.8, 4) is 0 Å². The van der Waals surface area contributed by atoms with Crippen molar-refractivity contribution in [1.29, 1.82) is 0 Å². The molecule has 0 saturated carbocycles. The van der Waals surface area contributed by atoms with Crippen LogP contribution in [0.1, 0.15) is 26.2 Å². The zero-order valence-electron chi connectivity index (χ0n) is 10.5. The standard InChI is InChI=1S/C13H21NO3/c1-3-6-11(13(2)16-9-10-17-13)12(15)14-7-4-5-8-14/h3,11H,1,4-10H2,2H3. The molecule has 0 aromatic carbocycles. The van der Waals surface area contributed by atoms with Crippen molar-refractivity contribution in [2.75, 3.05) is 26.3 Å². The number of carbonyl (C=O) groups is 1. The number of amides is 1. The number of nitrogens with zero attached hydrogens (tertiary/aromatic N) is 1. The SMILES string of the molecule is C=CCC(C(=O)N1CCCC1)C1(C)OCCO1. The highest BCUT2D eigenvalue weighted by Crippen LogP contribution is 2.32. The second-order valence-electron chi connectivity index (χ2n) is 4.82. The first kappa shape index (κ1) is 12.6. The van der Waals surface area contributed by atoms with Crippen molar-refractivity contribution in [2.24, 2.45) is 5.92 Å². The molecule has 1 atom stereocenters. The number of likely N-dealkylation sites (tertiary alicyclic amines) is 1. The van der Waals surface area contributed by atoms with Gasteiger partial charge in [0.1, 0.15) is 0 Å². The molecule has 2 aliphatic heterocycles. The molecule has 0 aromatic heterocycles. The first-order chi connectivity index (χ1) is 8.17. The molecule has 0 aliphatic carbocycles. The van der Waals surface area contributed by atoms with Gasteiger partial charge in [0.05, 0.1) is 19.1 Å². The average molecular weight is 239 g/mol. The molecule has 96 valence electrons. The quantitative estimate of drug-likeness (QED) is 0.699. The summed E-state index contributed by atoms with van der Waals surface area (Å²) >= 11 is 0. The van der Waals surface area contributed by atoms with Crippen molar-refractivity contribution in [2.45, 2.75) is 32.0 Å². The summed E-state index contributed by atoms with van der Waals surface area (Å²) in [5.74, 6) is -0.888. The van der Waals surface area contributed by atoms with Crippen LogP contribution in [0.25, 0.3) is 0 Å². The molecule has 0 aromatic rings. The summed E-state index contributed by atoms with van der Waals surface area (Å²) in [6.07, 6.45) is 4.58. The summed E-state index contributed by atoms with van der Waals surface area (Å²) in [6, 6.07) is 0. The minimum atomic E-state index is -0.770. The number of hydrogen-bond donors (Lipinski definition) is 0. The number of ether oxygens (including phenoxy) is 2. The Hall–Kier alpha value is -0.870. The lowest BCUT2D eigenvalue weighted by Gasteiger charge is -2.33. The van der Waals surface area contributed by atoms with E-state index >= 15 is 0 Å². The summed E-state index contributed by atoms with van der Waals surface area (Å²) in [4.78, 5) is 14.4. The van der Waals surface area contributed by atoms with Crippen molar-refractivity contribution >= 4 is 5.91 Å². The second kappa shape index (κ2) is 5.19. The van der Waals surface area contributed by atoms with Gasteiger partial charge in [0, 0.05) is 13.1 Å². The predicted molar refractivity (Wildman–Crippen MR) is 64.4 cm³/mol. The molecule has 17 heavy (non-hydrogen) atoms. The molecule has 2 fully saturated rings. The summed E-state index contributed by atoms with van der Waals surface area (Å²) in [6.45, 7) is 8.45. The number of carbonyl (C=O) groups excluding carboxylic acids is 1. The Kier molecular flexibility index (Phi) is 3.84. The molecule has 0 bridgehead atoms. The Bertz CT molecular complexity index is 291. The van der Waals surface area contributed by atoms with Crippen molar-refractivity contribution in [1.82, 2.24) is 4.90 Å². The van der Waals surface area contributed by atoms with E-state index in [0.717, 1.165) is 25.9 Å². The largest absolute Gasteiger partial charge is 0.347 e. The molecule has 4 heteroatoms. The van der Waals surface area contributed by atoms with Crippen LogP contribution in [-0.4, -0.2) is 42.9 Å². The molecule has 1 unspecified atom stereocenters. The zero-order valence-corrected chi connectivity index (χ0v) is 10.5. The lowest BCUT2D eigenvalue weighted by atomic mass is 9.94. The molecular weight excluding hydrogens is 218 g/mol. The Morgan fingerprint density at radius 2 is 2.00 bits per heavy atom. The van der Waals surface area contributed by atoms with E-state index in [1.54, 1.807) is 6.08 Å². The van der Waals surface area contributed by atoms with Gasteiger partial charge in [-0.05, 0) is 26.2 Å². The summed E-state index contributed by atoms with van der Waals surface area (Å²) in [7, 11) is 0. The summed E-state index contributed by atoms with van der Waals surface area (Å²) < 4.78 is 11.2. The van der Waals surface area contributed by atoms with Crippen molar-refractivity contribution in [3.05, 3.63) is 12.7 Å². The van der Waals surface area contributed by atoms with Crippen LogP contribution in [-0.2, 0) is 14.3 Å². The number of hydrogen-bond acceptors (Lipinski definition) is 3. The van der Waals surface area contributed by atoms with E-state index in [1.807, 2.05) is 11.8 Å². The van der Waals surface area contributed by atoms with Gasteiger partial charge in [0.2, 0.25) is 5.91 Å². The van der Waals surface area contributed by atoms with Crippen LogP contribution < -0.4 is 0 Å². The van der Waals surface area contributed by atoms with Crippen LogP contribution >= 0.6 is 0 Å². The highest BCUT2D eigenvalue weighted by molar-refractivity contribution is 5.80. The molecule has 2 heterocycles. The maximum atomic E-state index is 12.4. The van der Waals surface area contributed by atoms with E-state index in [4.69, 9.17) is 9.47 Å². The van der Waals surface area contributed by atoms with Crippen LogP contribution in [0.5, 0.6) is 0 Å². The van der Waals surface area contributed by atoms with E-state index in [9.17, 15) is 4.79 Å². The van der Waals surface area contributed by atoms with Crippen LogP contribution in [0.4, 0.5) is 0 Å². The monoisotopic (exact) mass is 239 g/mol. The second-order valence-corrected chi connectivity index (χ2v) is 4.82. The third kappa shape index (κ3) is 2.53. The van der Waals surface area contributed by atoms with Gasteiger partial charge in [0.15, 0.2) is 5.79 Å². The molecule has 2 aliphatic rings. The Morgan fingerprint density at radius 3 is 2.53 bits per heavy atom. The minimum absolute atomic E-state index is 0.145. The summed E-state index contributed by atoms with van der Waals surface area (Å²) in [5.41, 5.74) is 0. The smallest absolute Gasteiger partial charge is 0.231 e. The normalized spacial score (nSPS) is 24.9. The molecule has 1 amide bonds. The van der Waals surface area contributed by atoms with E-state index < -0.39 is 5.79 Å². The highest BCUT2D eigenvalue weighted by Gasteiger charge is 2.45. The van der Waals surface area contributed by atoms with Crippen LogP contribution in [0.3, 0.4) is 0 Å². The first-order valence-electron chi connectivity index (χ1n) is 6.35. The van der Waals surface area contributed by atoms with Gasteiger partial charge in [-0.2, -0.15) is 0 Å². The third-order valence-electron chi connectivity index (χ3n) is 3.61. The van der Waals surface area contributed by atoms with Gasteiger partial charge in [0.25, 0.3) is 0 Å². The Morgan fingerprint density at radius 1 is 1.41 bits per heavy atom. The van der Waals surface area contributed by atoms with Gasteiger partial charge in [-0.15, -0.1) is 6.58 Å². The molecule has 4 nitrogen and oxygen atoms in total. The fraction of sp³-hybridized carbons (Fsp3) is 0.769. The lowest BCUT2D eigenvalue weighted by molar-refractivity contribution is -0.191. The van der Waals surface area contributed by atoms with Crippen molar-refractivity contribution < 1.29 is 14.3 Å². The molecular formula is C13H21NO3. The molecule has 2 saturated heterocycles. The zero-order chi connectivity index (χ0) is 12.3. The van der Waals surface area contributed by atoms with Gasteiger partial charge in [-0.3, -0.25) is 4.79 Å². The van der Waals surface area contributed by atoms with Gasteiger partial charge in [-0.1, -0.05) is 6.08 Å². The van der Waals surface area contributed by atoms with Gasteiger partial charge < -0.3 is 14.4 Å². The maximum Gasteiger partial charge on any atom is 0.231 e. The number of allylic oxidation sites excluding steroid dienone is 1. The summed E-state index contributed by atoms with van der Waals surface area (Å²) in [5, 5.41) is 0. The molecule has 0 radical (unpaired) electrons. The highest BCUT2D eigenvalue weighted by atomic mass is 16.7. The average Bonchev–Trinajstić information content (AvgIpc) is 2.96. The Labute approximate surface area is 103 Å². The predicted octanol–water partition coefficient (Wildman–Crippen LogP) is 1.56. The Balaban J connectivity index is 2.09. The minimum Gasteiger partial charge on any atom is -0.347 e. The van der Waals surface area contributed by atoms with Crippen LogP contribution in [0, 0.1) is 5.92 Å². The van der Waals surface area contributed by atoms with E-state index in [0.29, 0.717) is 19.6 Å². The van der Waals surface area contributed by atoms with E-state index in [2.05, 4.69) is 6.58 Å². The van der Waals surface area contributed by atoms with E-state index in [1.165, 1.54) is 0 Å². The van der Waals surface area contributed by atoms with Crippen LogP contribution in [0.15, 0.2) is 12.7 Å². The molecule has 0 spiro atoms. The third-order valence-corrected chi connectivity index (χ3v) is 3.61. The van der Waals surface area contributed by atoms with Crippen molar-refractivity contribution in [3.63, 3.8) is 0 Å². The van der Waals surface area contributed by atoms with Gasteiger partial charge in [-0.25, -0.2) is 0 Å². The van der Waals surface area contributed by atoms with Gasteiger partial charge >= 0.3 is 0 Å². The molecule has 2 rings (SSSR count). The fourth-order valence-electron chi connectivity index (χ4n) is 2.60. The lowest BCUT2D eigenvalue weighted by Crippen LogP contribution is -2.46. The topological polar surface area (TPSA) is 38.8 Å². The maximum absolute atomic E-state index is 12.4. The number of rotatable bonds is 4.